The molecular formula is C17H21Cl2NO4S. The molecule has 0 radical (unpaired) electrons. The van der Waals surface area contributed by atoms with Crippen LogP contribution in [0.15, 0.2) is 24.3 Å². The van der Waals surface area contributed by atoms with Crippen molar-refractivity contribution in [2.45, 2.75) is 48.6 Å². The lowest BCUT2D eigenvalue weighted by Gasteiger charge is -2.27. The quantitative estimate of drug-likeness (QED) is 0.764. The van der Waals surface area contributed by atoms with Gasteiger partial charge in [0.1, 0.15) is 10.1 Å². The van der Waals surface area contributed by atoms with Crippen molar-refractivity contribution in [3.05, 3.63) is 29.8 Å². The molecule has 2 atom stereocenters. The molecule has 0 spiro atoms. The monoisotopic (exact) mass is 405 g/mol. The average Bonchev–Trinajstić information content (AvgIpc) is 2.99. The summed E-state index contributed by atoms with van der Waals surface area (Å²) in [6.45, 7) is 3.31. The highest BCUT2D eigenvalue weighted by Gasteiger charge is 2.52. The summed E-state index contributed by atoms with van der Waals surface area (Å²) in [5.41, 5.74) is -0.0772. The van der Waals surface area contributed by atoms with Crippen molar-refractivity contribution in [3.63, 3.8) is 0 Å². The molecule has 138 valence electrons. The van der Waals surface area contributed by atoms with Crippen molar-refractivity contribution < 1.29 is 17.9 Å². The molecule has 1 heterocycles. The van der Waals surface area contributed by atoms with Crippen LogP contribution in [-0.4, -0.2) is 41.8 Å². The van der Waals surface area contributed by atoms with Gasteiger partial charge in [0.15, 0.2) is 15.4 Å². The van der Waals surface area contributed by atoms with Crippen LogP contribution in [-0.2, 0) is 14.6 Å². The maximum Gasteiger partial charge on any atom is 0.263 e. The predicted molar refractivity (Wildman–Crippen MR) is 98.1 cm³/mol. The summed E-state index contributed by atoms with van der Waals surface area (Å²) in [7, 11) is -3.04. The van der Waals surface area contributed by atoms with Gasteiger partial charge in [-0.2, -0.15) is 0 Å². The molecule has 1 aromatic carbocycles. The maximum absolute atomic E-state index is 12.4. The highest BCUT2D eigenvalue weighted by Crippen LogP contribution is 2.59. The number of benzene rings is 1. The zero-order chi connectivity index (χ0) is 18.5. The molecule has 25 heavy (non-hydrogen) atoms. The Morgan fingerprint density at radius 3 is 2.36 bits per heavy atom. The fourth-order valence-corrected chi connectivity index (χ4v) is 5.19. The van der Waals surface area contributed by atoms with E-state index in [1.165, 1.54) is 0 Å². The molecule has 2 fully saturated rings. The predicted octanol–water partition coefficient (Wildman–Crippen LogP) is 2.81. The number of hydrogen-bond donors (Lipinski definition) is 1. The first-order chi connectivity index (χ1) is 11.5. The Hall–Kier alpha value is -0.980. The van der Waals surface area contributed by atoms with Gasteiger partial charge >= 0.3 is 0 Å². The Kier molecular flexibility index (Phi) is 4.75. The van der Waals surface area contributed by atoms with E-state index >= 15 is 0 Å². The number of nitrogens with one attached hydrogen (secondary N) is 1. The first kappa shape index (κ1) is 18.8. The van der Waals surface area contributed by atoms with Gasteiger partial charge in [-0.25, -0.2) is 8.42 Å². The van der Waals surface area contributed by atoms with E-state index in [2.05, 4.69) is 5.32 Å². The number of halogens is 2. The topological polar surface area (TPSA) is 72.5 Å². The smallest absolute Gasteiger partial charge is 0.263 e. The molecule has 1 N–H and O–H groups in total. The first-order valence-electron chi connectivity index (χ1n) is 8.17. The van der Waals surface area contributed by atoms with Crippen LogP contribution in [0.2, 0.25) is 0 Å². The van der Waals surface area contributed by atoms with Gasteiger partial charge in [-0.15, -0.1) is 23.2 Å². The lowest BCUT2D eigenvalue weighted by atomic mass is 10.1. The third-order valence-corrected chi connectivity index (χ3v) is 7.20. The van der Waals surface area contributed by atoms with E-state index < -0.39 is 19.8 Å². The third-order valence-electron chi connectivity index (χ3n) is 4.60. The largest absolute Gasteiger partial charge is 0.478 e. The summed E-state index contributed by atoms with van der Waals surface area (Å²) in [6.07, 6.45) is 1.17. The van der Waals surface area contributed by atoms with Gasteiger partial charge in [0.25, 0.3) is 5.91 Å². The van der Waals surface area contributed by atoms with Crippen molar-refractivity contribution >= 4 is 38.9 Å². The molecule has 1 aromatic rings. The molecule has 1 amide bonds. The van der Waals surface area contributed by atoms with Gasteiger partial charge in [0.05, 0.1) is 11.5 Å². The van der Waals surface area contributed by atoms with E-state index in [0.29, 0.717) is 12.2 Å². The minimum absolute atomic E-state index is 0.0104. The SMILES string of the molecule is CC(C)(Oc1ccc([C@H]2CC2(Cl)Cl)cc1)C(=O)N[C@@H]1CCS(=O)(=O)C1. The van der Waals surface area contributed by atoms with Gasteiger partial charge in [-0.05, 0) is 44.4 Å². The zero-order valence-electron chi connectivity index (χ0n) is 14.1. The molecule has 1 aliphatic heterocycles. The molecule has 0 unspecified atom stereocenters. The van der Waals surface area contributed by atoms with Crippen molar-refractivity contribution in [2.75, 3.05) is 11.5 Å². The molecule has 3 rings (SSSR count). The molecule has 0 aromatic heterocycles. The van der Waals surface area contributed by atoms with Gasteiger partial charge < -0.3 is 10.1 Å². The summed E-state index contributed by atoms with van der Waals surface area (Å²) in [5.74, 6) is 0.457. The fraction of sp³-hybridized carbons (Fsp3) is 0.588. The normalized spacial score (nSPS) is 26.9. The van der Waals surface area contributed by atoms with Crippen LogP contribution >= 0.6 is 23.2 Å². The number of carbonyl (C=O) groups excluding carboxylic acids is 1. The molecule has 1 saturated heterocycles. The van der Waals surface area contributed by atoms with Crippen LogP contribution in [0.4, 0.5) is 0 Å². The number of carbonyl (C=O) groups is 1. The van der Waals surface area contributed by atoms with Gasteiger partial charge in [-0.1, -0.05) is 12.1 Å². The molecule has 1 aliphatic carbocycles. The molecule has 0 bridgehead atoms. The molecular weight excluding hydrogens is 385 g/mol. The Bertz CT molecular complexity index is 774. The van der Waals surface area contributed by atoms with Crippen molar-refractivity contribution in [2.24, 2.45) is 0 Å². The van der Waals surface area contributed by atoms with Gasteiger partial charge in [0.2, 0.25) is 0 Å². The zero-order valence-corrected chi connectivity index (χ0v) is 16.4. The van der Waals surface area contributed by atoms with Crippen molar-refractivity contribution in [3.8, 4) is 5.75 Å². The molecule has 8 heteroatoms. The Morgan fingerprint density at radius 2 is 1.88 bits per heavy atom. The fourth-order valence-electron chi connectivity index (χ4n) is 2.95. The Balaban J connectivity index is 1.60. The minimum Gasteiger partial charge on any atom is -0.478 e. The van der Waals surface area contributed by atoms with E-state index in [1.54, 1.807) is 26.0 Å². The number of alkyl halides is 2. The van der Waals surface area contributed by atoms with Crippen molar-refractivity contribution in [1.82, 2.24) is 5.32 Å². The lowest BCUT2D eigenvalue weighted by molar-refractivity contribution is -0.134. The van der Waals surface area contributed by atoms with Gasteiger partial charge in [-0.3, -0.25) is 4.79 Å². The van der Waals surface area contributed by atoms with E-state index in [1.807, 2.05) is 12.1 Å². The number of rotatable bonds is 5. The summed E-state index contributed by atoms with van der Waals surface area (Å²) in [5, 5.41) is 2.77. The number of hydrogen-bond acceptors (Lipinski definition) is 4. The van der Waals surface area contributed by atoms with Crippen LogP contribution in [0.3, 0.4) is 0 Å². The number of sulfone groups is 1. The summed E-state index contributed by atoms with van der Waals surface area (Å²) >= 11 is 12.1. The highest BCUT2D eigenvalue weighted by molar-refractivity contribution is 7.91. The minimum atomic E-state index is -3.04. The van der Waals surface area contributed by atoms with Gasteiger partial charge in [0, 0.05) is 12.0 Å². The summed E-state index contributed by atoms with van der Waals surface area (Å²) < 4.78 is 28.1. The summed E-state index contributed by atoms with van der Waals surface area (Å²) in [6, 6.07) is 7.01. The third kappa shape index (κ3) is 4.41. The van der Waals surface area contributed by atoms with Crippen molar-refractivity contribution in [1.29, 1.82) is 0 Å². The van der Waals surface area contributed by atoms with Crippen LogP contribution in [0, 0.1) is 0 Å². The van der Waals surface area contributed by atoms with Crippen LogP contribution in [0.25, 0.3) is 0 Å². The molecule has 2 aliphatic rings. The van der Waals surface area contributed by atoms with E-state index in [-0.39, 0.29) is 29.4 Å². The van der Waals surface area contributed by atoms with E-state index in [4.69, 9.17) is 27.9 Å². The lowest BCUT2D eigenvalue weighted by Crippen LogP contribution is -2.50. The average molecular weight is 406 g/mol. The molecule has 5 nitrogen and oxygen atoms in total. The maximum atomic E-state index is 12.4. The highest BCUT2D eigenvalue weighted by atomic mass is 35.5. The summed E-state index contributed by atoms with van der Waals surface area (Å²) in [4.78, 5) is 12.4. The second-order valence-electron chi connectivity index (χ2n) is 7.27. The van der Waals surface area contributed by atoms with Crippen LogP contribution < -0.4 is 10.1 Å². The first-order valence-corrected chi connectivity index (χ1v) is 10.7. The van der Waals surface area contributed by atoms with E-state index in [9.17, 15) is 13.2 Å². The number of amides is 1. The van der Waals surface area contributed by atoms with Crippen LogP contribution in [0.1, 0.15) is 38.2 Å². The second kappa shape index (κ2) is 6.32. The standard InChI is InChI=1S/C17H21Cl2NO4S/c1-16(2,15(21)20-12-7-8-25(22,23)10-12)24-13-5-3-11(4-6-13)14-9-17(14,18)19/h3-6,12,14H,7-10H2,1-2H3,(H,20,21)/t12-,14-/m1/s1. The van der Waals surface area contributed by atoms with Crippen LogP contribution in [0.5, 0.6) is 5.75 Å². The Morgan fingerprint density at radius 1 is 1.28 bits per heavy atom. The molecule has 1 saturated carbocycles. The Labute approximate surface area is 157 Å². The van der Waals surface area contributed by atoms with E-state index in [0.717, 1.165) is 12.0 Å². The second-order valence-corrected chi connectivity index (χ2v) is 11.0. The number of ether oxygens (including phenoxy) is 1.